The summed E-state index contributed by atoms with van der Waals surface area (Å²) in [7, 11) is 0. The smallest absolute Gasteiger partial charge is 0.0642 e. The minimum absolute atomic E-state index is 0.849. The first-order chi connectivity index (χ1) is 9.92. The van der Waals surface area contributed by atoms with Gasteiger partial charge in [-0.05, 0) is 43.0 Å². The van der Waals surface area contributed by atoms with Crippen molar-refractivity contribution in [3.8, 4) is 0 Å². The Labute approximate surface area is 122 Å². The molecule has 1 aromatic carbocycles. The van der Waals surface area contributed by atoms with Crippen LogP contribution in [-0.4, -0.2) is 32.8 Å². The molecule has 1 saturated carbocycles. The highest BCUT2D eigenvalue weighted by molar-refractivity contribution is 5.55. The van der Waals surface area contributed by atoms with Gasteiger partial charge in [-0.25, -0.2) is 0 Å². The molecule has 0 spiro atoms. The van der Waals surface area contributed by atoms with Crippen LogP contribution in [0.3, 0.4) is 0 Å². The fourth-order valence-corrected chi connectivity index (χ4v) is 3.27. The summed E-state index contributed by atoms with van der Waals surface area (Å²) >= 11 is 0. The zero-order valence-electron chi connectivity index (χ0n) is 12.3. The van der Waals surface area contributed by atoms with Crippen LogP contribution in [0.2, 0.25) is 0 Å². The van der Waals surface area contributed by atoms with Gasteiger partial charge >= 0.3 is 0 Å². The maximum absolute atomic E-state index is 5.40. The van der Waals surface area contributed by atoms with Gasteiger partial charge in [0.05, 0.1) is 13.2 Å². The van der Waals surface area contributed by atoms with Crippen LogP contribution in [0.5, 0.6) is 0 Å². The zero-order valence-corrected chi connectivity index (χ0v) is 12.3. The molecule has 20 heavy (non-hydrogen) atoms. The number of hydrogen-bond donors (Lipinski definition) is 1. The molecule has 2 fully saturated rings. The van der Waals surface area contributed by atoms with Crippen molar-refractivity contribution in [1.82, 2.24) is 0 Å². The highest BCUT2D eigenvalue weighted by Crippen LogP contribution is 2.24. The predicted octanol–water partition coefficient (Wildman–Crippen LogP) is 3.52. The number of morpholine rings is 1. The van der Waals surface area contributed by atoms with Crippen LogP contribution < -0.4 is 10.2 Å². The van der Waals surface area contributed by atoms with E-state index >= 15 is 0 Å². The average molecular weight is 274 g/mol. The average Bonchev–Trinajstić information content (AvgIpc) is 2.55. The van der Waals surface area contributed by atoms with Crippen LogP contribution in [-0.2, 0) is 4.74 Å². The second kappa shape index (κ2) is 6.98. The molecule has 1 aromatic rings. The largest absolute Gasteiger partial charge is 0.385 e. The Kier molecular flexibility index (Phi) is 4.80. The van der Waals surface area contributed by atoms with Crippen LogP contribution in [0.4, 0.5) is 11.4 Å². The van der Waals surface area contributed by atoms with Crippen molar-refractivity contribution in [2.75, 3.05) is 43.1 Å². The predicted molar refractivity (Wildman–Crippen MR) is 84.5 cm³/mol. The molecule has 0 bridgehead atoms. The summed E-state index contributed by atoms with van der Waals surface area (Å²) in [6.45, 7) is 4.85. The van der Waals surface area contributed by atoms with Crippen molar-refractivity contribution in [1.29, 1.82) is 0 Å². The SMILES string of the molecule is c1cc(N2CCOCC2)ccc1NCC1CCCCC1. The first-order valence-corrected chi connectivity index (χ1v) is 8.08. The van der Waals surface area contributed by atoms with E-state index in [1.165, 1.54) is 43.5 Å². The molecule has 2 aliphatic rings. The Balaban J connectivity index is 1.50. The highest BCUT2D eigenvalue weighted by atomic mass is 16.5. The monoisotopic (exact) mass is 274 g/mol. The molecule has 1 aliphatic carbocycles. The van der Waals surface area contributed by atoms with Crippen molar-refractivity contribution >= 4 is 11.4 Å². The van der Waals surface area contributed by atoms with Gasteiger partial charge in [0.2, 0.25) is 0 Å². The van der Waals surface area contributed by atoms with E-state index in [4.69, 9.17) is 4.74 Å². The number of nitrogens with zero attached hydrogens (tertiary/aromatic N) is 1. The molecule has 0 aromatic heterocycles. The van der Waals surface area contributed by atoms with E-state index in [1.807, 2.05) is 0 Å². The van der Waals surface area contributed by atoms with Gasteiger partial charge in [-0.15, -0.1) is 0 Å². The van der Waals surface area contributed by atoms with E-state index in [0.29, 0.717) is 0 Å². The first-order valence-electron chi connectivity index (χ1n) is 8.08. The fraction of sp³-hybridized carbons (Fsp3) is 0.647. The van der Waals surface area contributed by atoms with E-state index in [-0.39, 0.29) is 0 Å². The number of ether oxygens (including phenoxy) is 1. The van der Waals surface area contributed by atoms with Gasteiger partial charge in [-0.1, -0.05) is 19.3 Å². The summed E-state index contributed by atoms with van der Waals surface area (Å²) in [5, 5.41) is 3.60. The molecular weight excluding hydrogens is 248 g/mol. The van der Waals surface area contributed by atoms with Crippen molar-refractivity contribution < 1.29 is 4.74 Å². The lowest BCUT2D eigenvalue weighted by Gasteiger charge is -2.29. The second-order valence-corrected chi connectivity index (χ2v) is 6.03. The molecule has 0 unspecified atom stereocenters. The van der Waals surface area contributed by atoms with Gasteiger partial charge in [0.25, 0.3) is 0 Å². The van der Waals surface area contributed by atoms with E-state index in [9.17, 15) is 0 Å². The Bertz CT molecular complexity index is 392. The lowest BCUT2D eigenvalue weighted by Crippen LogP contribution is -2.36. The Morgan fingerprint density at radius 3 is 2.40 bits per heavy atom. The summed E-state index contributed by atoms with van der Waals surface area (Å²) in [4.78, 5) is 2.40. The molecule has 0 radical (unpaired) electrons. The van der Waals surface area contributed by atoms with Crippen molar-refractivity contribution in [3.63, 3.8) is 0 Å². The number of anilines is 2. The lowest BCUT2D eigenvalue weighted by atomic mass is 9.89. The summed E-state index contributed by atoms with van der Waals surface area (Å²) in [6.07, 6.45) is 7.08. The molecule has 0 atom stereocenters. The summed E-state index contributed by atoms with van der Waals surface area (Å²) in [5.74, 6) is 0.877. The Morgan fingerprint density at radius 2 is 1.70 bits per heavy atom. The van der Waals surface area contributed by atoms with Crippen molar-refractivity contribution in [2.45, 2.75) is 32.1 Å². The third-order valence-electron chi connectivity index (χ3n) is 4.56. The third kappa shape index (κ3) is 3.66. The summed E-state index contributed by atoms with van der Waals surface area (Å²) < 4.78 is 5.40. The van der Waals surface area contributed by atoms with E-state index in [0.717, 1.165) is 38.8 Å². The van der Waals surface area contributed by atoms with Gasteiger partial charge in [0.15, 0.2) is 0 Å². The number of hydrogen-bond acceptors (Lipinski definition) is 3. The molecule has 1 aliphatic heterocycles. The van der Waals surface area contributed by atoms with Crippen molar-refractivity contribution in [3.05, 3.63) is 24.3 Å². The summed E-state index contributed by atoms with van der Waals surface area (Å²) in [5.41, 5.74) is 2.57. The fourth-order valence-electron chi connectivity index (χ4n) is 3.27. The Hall–Kier alpha value is -1.22. The van der Waals surface area contributed by atoms with Gasteiger partial charge in [-0.2, -0.15) is 0 Å². The quantitative estimate of drug-likeness (QED) is 0.909. The zero-order chi connectivity index (χ0) is 13.6. The standard InChI is InChI=1S/C17H26N2O/c1-2-4-15(5-3-1)14-18-16-6-8-17(9-7-16)19-10-12-20-13-11-19/h6-9,15,18H,1-5,10-14H2. The molecule has 0 amide bonds. The molecule has 1 heterocycles. The molecule has 110 valence electrons. The molecule has 3 nitrogen and oxygen atoms in total. The van der Waals surface area contributed by atoms with E-state index < -0.39 is 0 Å². The van der Waals surface area contributed by atoms with Crippen LogP contribution in [0, 0.1) is 5.92 Å². The number of benzene rings is 1. The van der Waals surface area contributed by atoms with Crippen LogP contribution in [0.1, 0.15) is 32.1 Å². The van der Waals surface area contributed by atoms with Crippen molar-refractivity contribution in [2.24, 2.45) is 5.92 Å². The highest BCUT2D eigenvalue weighted by Gasteiger charge is 2.13. The van der Waals surface area contributed by atoms with Gasteiger partial charge in [0.1, 0.15) is 0 Å². The maximum atomic E-state index is 5.40. The minimum Gasteiger partial charge on any atom is -0.385 e. The number of nitrogens with one attached hydrogen (secondary N) is 1. The van der Waals surface area contributed by atoms with Crippen LogP contribution in [0.15, 0.2) is 24.3 Å². The third-order valence-corrected chi connectivity index (χ3v) is 4.56. The normalized spacial score (nSPS) is 20.9. The van der Waals surface area contributed by atoms with Gasteiger partial charge in [-0.3, -0.25) is 0 Å². The topological polar surface area (TPSA) is 24.5 Å². The van der Waals surface area contributed by atoms with Crippen LogP contribution in [0.25, 0.3) is 0 Å². The molecule has 3 rings (SSSR count). The lowest BCUT2D eigenvalue weighted by molar-refractivity contribution is 0.122. The van der Waals surface area contributed by atoms with Gasteiger partial charge < -0.3 is 15.0 Å². The van der Waals surface area contributed by atoms with E-state index in [2.05, 4.69) is 34.5 Å². The second-order valence-electron chi connectivity index (χ2n) is 6.03. The number of rotatable bonds is 4. The first kappa shape index (κ1) is 13.7. The molecule has 1 N–H and O–H groups in total. The van der Waals surface area contributed by atoms with Gasteiger partial charge in [0, 0.05) is 31.0 Å². The molecule has 3 heteroatoms. The molecule has 1 saturated heterocycles. The van der Waals surface area contributed by atoms with E-state index in [1.54, 1.807) is 0 Å². The minimum atomic E-state index is 0.849. The maximum Gasteiger partial charge on any atom is 0.0642 e. The summed E-state index contributed by atoms with van der Waals surface area (Å²) in [6, 6.07) is 8.89. The molecular formula is C17H26N2O. The van der Waals surface area contributed by atoms with Crippen LogP contribution >= 0.6 is 0 Å². The Morgan fingerprint density at radius 1 is 1.00 bits per heavy atom.